The summed E-state index contributed by atoms with van der Waals surface area (Å²) in [4.78, 5) is 20.6. The molecule has 1 saturated carbocycles. The summed E-state index contributed by atoms with van der Waals surface area (Å²) in [6, 6.07) is -1.22. The lowest BCUT2D eigenvalue weighted by Crippen LogP contribution is -2.44. The molecule has 180 valence electrons. The van der Waals surface area contributed by atoms with Crippen molar-refractivity contribution in [2.45, 2.75) is 38.7 Å². The van der Waals surface area contributed by atoms with Gasteiger partial charge in [0.05, 0.1) is 23.0 Å². The van der Waals surface area contributed by atoms with E-state index in [-0.39, 0.29) is 31.0 Å². The highest BCUT2D eigenvalue weighted by atomic mass is 32.2. The fourth-order valence-corrected chi connectivity index (χ4v) is 5.61. The summed E-state index contributed by atoms with van der Waals surface area (Å²) in [7, 11) is -3.37. The molecule has 1 aromatic rings. The molecule has 14 heteroatoms. The number of carbonyl (C=O) groups is 1. The van der Waals surface area contributed by atoms with E-state index in [4.69, 9.17) is 0 Å². The van der Waals surface area contributed by atoms with Gasteiger partial charge < -0.3 is 10.2 Å². The van der Waals surface area contributed by atoms with Crippen LogP contribution in [-0.2, 0) is 16.0 Å². The van der Waals surface area contributed by atoms with Gasteiger partial charge in [-0.2, -0.15) is 26.3 Å². The highest BCUT2D eigenvalue weighted by Crippen LogP contribution is 2.46. The Morgan fingerprint density at radius 3 is 2.22 bits per heavy atom. The standard InChI is InChI=1S/C18H22F6N4O3S/c1-9-7-10(2)13(12(9)17(19,20)21)26-16-25-8-11(14(27-16)18(22,23)24)15(29)28-3-5-32(30,31)6-4-28/h8-10,12-13H,3-7H2,1-2H3,(H,25,26,27)/t9-,10+,12+,13+/m0/s1. The summed E-state index contributed by atoms with van der Waals surface area (Å²) in [5.74, 6) is -5.52. The predicted octanol–water partition coefficient (Wildman–Crippen LogP) is 3.00. The van der Waals surface area contributed by atoms with Crippen LogP contribution in [0.5, 0.6) is 0 Å². The Labute approximate surface area is 180 Å². The molecule has 2 heterocycles. The first-order chi connectivity index (χ1) is 14.6. The summed E-state index contributed by atoms with van der Waals surface area (Å²) in [5, 5.41) is 2.40. The van der Waals surface area contributed by atoms with Crippen molar-refractivity contribution in [3.05, 3.63) is 17.5 Å². The number of hydrogen-bond donors (Lipinski definition) is 1. The van der Waals surface area contributed by atoms with E-state index in [1.54, 1.807) is 6.92 Å². The van der Waals surface area contributed by atoms with Crippen molar-refractivity contribution in [3.63, 3.8) is 0 Å². The molecular formula is C18H22F6N4O3S. The number of anilines is 1. The quantitative estimate of drug-likeness (QED) is 0.658. The summed E-state index contributed by atoms with van der Waals surface area (Å²) < 4.78 is 104. The second-order valence-electron chi connectivity index (χ2n) is 8.33. The SMILES string of the molecule is C[C@@H]1C[C@H](C)[C@@H](C(F)(F)F)[C@@H]1Nc1ncc(C(=O)N2CCS(=O)(=O)CC2)c(C(F)(F)F)n1. The molecule has 2 fully saturated rings. The molecule has 0 radical (unpaired) electrons. The molecule has 1 aliphatic carbocycles. The number of nitrogens with one attached hydrogen (secondary N) is 1. The smallest absolute Gasteiger partial charge is 0.351 e. The summed E-state index contributed by atoms with van der Waals surface area (Å²) in [6.45, 7) is 2.44. The molecule has 2 aliphatic rings. The largest absolute Gasteiger partial charge is 0.434 e. The minimum absolute atomic E-state index is 0.225. The molecule has 1 aromatic heterocycles. The van der Waals surface area contributed by atoms with Gasteiger partial charge in [0.15, 0.2) is 15.5 Å². The van der Waals surface area contributed by atoms with Gasteiger partial charge in [-0.3, -0.25) is 4.79 Å². The molecular weight excluding hydrogens is 466 g/mol. The Hall–Kier alpha value is -2.12. The van der Waals surface area contributed by atoms with Crippen LogP contribution in [0.25, 0.3) is 0 Å². The van der Waals surface area contributed by atoms with Crippen LogP contribution in [0.3, 0.4) is 0 Å². The number of alkyl halides is 6. The summed E-state index contributed by atoms with van der Waals surface area (Å²) in [5.41, 5.74) is -2.47. The average molecular weight is 488 g/mol. The number of carbonyl (C=O) groups excluding carboxylic acids is 1. The van der Waals surface area contributed by atoms with Crippen molar-refractivity contribution in [2.75, 3.05) is 29.9 Å². The number of halogens is 6. The van der Waals surface area contributed by atoms with E-state index in [0.717, 1.165) is 4.90 Å². The lowest BCUT2D eigenvalue weighted by molar-refractivity contribution is -0.184. The lowest BCUT2D eigenvalue weighted by Gasteiger charge is -2.29. The van der Waals surface area contributed by atoms with E-state index in [9.17, 15) is 39.6 Å². The highest BCUT2D eigenvalue weighted by molar-refractivity contribution is 7.91. The zero-order valence-corrected chi connectivity index (χ0v) is 18.0. The average Bonchev–Trinajstić information content (AvgIpc) is 2.93. The van der Waals surface area contributed by atoms with Gasteiger partial charge in [0, 0.05) is 25.3 Å². The van der Waals surface area contributed by atoms with Crippen LogP contribution in [0.4, 0.5) is 32.3 Å². The highest BCUT2D eigenvalue weighted by Gasteiger charge is 2.54. The van der Waals surface area contributed by atoms with E-state index in [2.05, 4.69) is 15.3 Å². The molecule has 0 bridgehead atoms. The van der Waals surface area contributed by atoms with Crippen molar-refractivity contribution in [1.82, 2.24) is 14.9 Å². The molecule has 1 N–H and O–H groups in total. The van der Waals surface area contributed by atoms with Crippen LogP contribution in [0, 0.1) is 17.8 Å². The number of sulfone groups is 1. The summed E-state index contributed by atoms with van der Waals surface area (Å²) in [6.07, 6.45) is -8.79. The molecule has 0 aromatic carbocycles. The molecule has 0 spiro atoms. The number of aromatic nitrogens is 2. The minimum atomic E-state index is -5.08. The van der Waals surface area contributed by atoms with E-state index in [1.165, 1.54) is 6.92 Å². The van der Waals surface area contributed by atoms with Gasteiger partial charge in [-0.15, -0.1) is 0 Å². The van der Waals surface area contributed by atoms with Crippen LogP contribution in [-0.4, -0.2) is 66.0 Å². The van der Waals surface area contributed by atoms with Crippen LogP contribution >= 0.6 is 0 Å². The first-order valence-corrected chi connectivity index (χ1v) is 11.7. The van der Waals surface area contributed by atoms with Gasteiger partial charge >= 0.3 is 12.4 Å². The van der Waals surface area contributed by atoms with Gasteiger partial charge in [0.25, 0.3) is 5.91 Å². The first-order valence-electron chi connectivity index (χ1n) is 9.87. The number of rotatable bonds is 3. The van der Waals surface area contributed by atoms with Crippen LogP contribution in [0.15, 0.2) is 6.20 Å². The summed E-state index contributed by atoms with van der Waals surface area (Å²) >= 11 is 0. The molecule has 1 saturated heterocycles. The van der Waals surface area contributed by atoms with Crippen LogP contribution in [0.1, 0.15) is 36.3 Å². The molecule has 32 heavy (non-hydrogen) atoms. The van der Waals surface area contributed by atoms with Crippen LogP contribution in [0.2, 0.25) is 0 Å². The molecule has 3 rings (SSSR count). The first kappa shape index (κ1) is 24.5. The fourth-order valence-electron chi connectivity index (χ4n) is 4.40. The fraction of sp³-hybridized carbons (Fsp3) is 0.722. The number of hydrogen-bond acceptors (Lipinski definition) is 6. The normalized spacial score (nSPS) is 28.6. The monoisotopic (exact) mass is 488 g/mol. The van der Waals surface area contributed by atoms with Gasteiger partial charge in [-0.05, 0) is 18.3 Å². The zero-order valence-electron chi connectivity index (χ0n) is 17.2. The van der Waals surface area contributed by atoms with Gasteiger partial charge in [-0.1, -0.05) is 13.8 Å². The van der Waals surface area contributed by atoms with E-state index >= 15 is 0 Å². The van der Waals surface area contributed by atoms with Crippen molar-refractivity contribution >= 4 is 21.7 Å². The Balaban J connectivity index is 1.90. The maximum Gasteiger partial charge on any atom is 0.434 e. The second-order valence-corrected chi connectivity index (χ2v) is 10.6. The third-order valence-electron chi connectivity index (χ3n) is 5.95. The maximum atomic E-state index is 13.6. The van der Waals surface area contributed by atoms with Gasteiger partial charge in [-0.25, -0.2) is 18.4 Å². The molecule has 1 aliphatic heterocycles. The minimum Gasteiger partial charge on any atom is -0.351 e. The molecule has 7 nitrogen and oxygen atoms in total. The third-order valence-corrected chi connectivity index (χ3v) is 7.56. The number of nitrogens with zero attached hydrogens (tertiary/aromatic N) is 3. The van der Waals surface area contributed by atoms with E-state index in [1.807, 2.05) is 0 Å². The van der Waals surface area contributed by atoms with Gasteiger partial charge in [0.2, 0.25) is 5.95 Å². The van der Waals surface area contributed by atoms with E-state index in [0.29, 0.717) is 6.20 Å². The number of amides is 1. The Morgan fingerprint density at radius 2 is 1.69 bits per heavy atom. The van der Waals surface area contributed by atoms with Gasteiger partial charge in [0.1, 0.15) is 0 Å². The third kappa shape index (κ3) is 5.09. The lowest BCUT2D eigenvalue weighted by atomic mass is 9.94. The Kier molecular flexibility index (Phi) is 6.39. The van der Waals surface area contributed by atoms with Crippen molar-refractivity contribution in [1.29, 1.82) is 0 Å². The zero-order chi connectivity index (χ0) is 24.1. The molecule has 1 amide bonds. The van der Waals surface area contributed by atoms with E-state index < -0.39 is 69.1 Å². The maximum absolute atomic E-state index is 13.6. The van der Waals surface area contributed by atoms with Crippen molar-refractivity contribution < 1.29 is 39.6 Å². The predicted molar refractivity (Wildman–Crippen MR) is 101 cm³/mol. The van der Waals surface area contributed by atoms with Crippen molar-refractivity contribution in [3.8, 4) is 0 Å². The Morgan fingerprint density at radius 1 is 1.09 bits per heavy atom. The Bertz CT molecular complexity index is 968. The second kappa shape index (κ2) is 8.34. The molecule has 4 atom stereocenters. The van der Waals surface area contributed by atoms with Crippen molar-refractivity contribution in [2.24, 2.45) is 17.8 Å². The topological polar surface area (TPSA) is 92.3 Å². The molecule has 0 unspecified atom stereocenters. The van der Waals surface area contributed by atoms with Crippen LogP contribution < -0.4 is 5.32 Å².